The van der Waals surface area contributed by atoms with Gasteiger partial charge in [0, 0.05) is 32.5 Å². The van der Waals surface area contributed by atoms with Crippen molar-refractivity contribution in [2.75, 3.05) is 5.32 Å². The molecule has 0 amide bonds. The molecule has 2 rings (SSSR count). The van der Waals surface area contributed by atoms with Crippen LogP contribution in [0.25, 0.3) is 0 Å². The molecule has 0 fully saturated rings. The standard InChI is InChI=1S/C11H10IN3O2S/c1-7-5-14-11(18-7)6-13-10-3-2-8(15(16)17)4-9(10)12/h2-5,13H,6H2,1H3. The van der Waals surface area contributed by atoms with Crippen molar-refractivity contribution in [1.29, 1.82) is 0 Å². The number of hydrogen-bond acceptors (Lipinski definition) is 5. The number of anilines is 1. The molecule has 1 heterocycles. The Morgan fingerprint density at radius 3 is 2.89 bits per heavy atom. The zero-order chi connectivity index (χ0) is 13.1. The number of nitro benzene ring substituents is 1. The molecule has 2 aromatic rings. The summed E-state index contributed by atoms with van der Waals surface area (Å²) in [6.45, 7) is 2.64. The number of hydrogen-bond donors (Lipinski definition) is 1. The van der Waals surface area contributed by atoms with E-state index < -0.39 is 4.92 Å². The second-order valence-electron chi connectivity index (χ2n) is 3.64. The van der Waals surface area contributed by atoms with Gasteiger partial charge in [0.2, 0.25) is 0 Å². The Labute approximate surface area is 122 Å². The van der Waals surface area contributed by atoms with Crippen LogP contribution >= 0.6 is 33.9 Å². The van der Waals surface area contributed by atoms with Crippen LogP contribution in [-0.4, -0.2) is 9.91 Å². The lowest BCUT2D eigenvalue weighted by Gasteiger charge is -2.06. The summed E-state index contributed by atoms with van der Waals surface area (Å²) in [6, 6.07) is 4.77. The van der Waals surface area contributed by atoms with Crippen molar-refractivity contribution in [2.45, 2.75) is 13.5 Å². The lowest BCUT2D eigenvalue weighted by atomic mass is 10.3. The van der Waals surface area contributed by atoms with E-state index in [0.717, 1.165) is 14.3 Å². The van der Waals surface area contributed by atoms with Gasteiger partial charge in [0.05, 0.1) is 11.5 Å². The number of rotatable bonds is 4. The van der Waals surface area contributed by atoms with Gasteiger partial charge in [-0.05, 0) is 35.6 Å². The van der Waals surface area contributed by atoms with E-state index in [9.17, 15) is 10.1 Å². The van der Waals surface area contributed by atoms with Gasteiger partial charge in [0.1, 0.15) is 5.01 Å². The molecule has 7 heteroatoms. The van der Waals surface area contributed by atoms with Gasteiger partial charge in [-0.15, -0.1) is 11.3 Å². The Kier molecular flexibility index (Phi) is 4.12. The second kappa shape index (κ2) is 5.61. The van der Waals surface area contributed by atoms with Gasteiger partial charge in [-0.3, -0.25) is 10.1 Å². The summed E-state index contributed by atoms with van der Waals surface area (Å²) >= 11 is 3.72. The second-order valence-corrected chi connectivity index (χ2v) is 6.12. The third-order valence-electron chi connectivity index (χ3n) is 2.26. The molecule has 1 N–H and O–H groups in total. The lowest BCUT2D eigenvalue weighted by Crippen LogP contribution is -2.01. The maximum atomic E-state index is 10.6. The van der Waals surface area contributed by atoms with E-state index in [0.29, 0.717) is 6.54 Å². The fourth-order valence-corrected chi connectivity index (χ4v) is 2.83. The highest BCUT2D eigenvalue weighted by atomic mass is 127. The van der Waals surface area contributed by atoms with Crippen LogP contribution in [0.15, 0.2) is 24.4 Å². The van der Waals surface area contributed by atoms with Crippen LogP contribution in [-0.2, 0) is 6.54 Å². The van der Waals surface area contributed by atoms with Crippen LogP contribution in [0.5, 0.6) is 0 Å². The smallest absolute Gasteiger partial charge is 0.270 e. The molecule has 0 aliphatic carbocycles. The minimum Gasteiger partial charge on any atom is -0.378 e. The molecule has 0 radical (unpaired) electrons. The molecule has 0 bridgehead atoms. The zero-order valence-corrected chi connectivity index (χ0v) is 12.5. The number of thiazole rings is 1. The summed E-state index contributed by atoms with van der Waals surface area (Å²) in [5, 5.41) is 14.8. The van der Waals surface area contributed by atoms with Gasteiger partial charge in [0.25, 0.3) is 5.69 Å². The number of halogens is 1. The quantitative estimate of drug-likeness (QED) is 0.504. The summed E-state index contributed by atoms with van der Waals surface area (Å²) in [7, 11) is 0. The van der Waals surface area contributed by atoms with Crippen molar-refractivity contribution in [3.63, 3.8) is 0 Å². The zero-order valence-electron chi connectivity index (χ0n) is 9.51. The van der Waals surface area contributed by atoms with Crippen molar-refractivity contribution < 1.29 is 4.92 Å². The van der Waals surface area contributed by atoms with Crippen LogP contribution in [0.4, 0.5) is 11.4 Å². The van der Waals surface area contributed by atoms with E-state index in [1.165, 1.54) is 10.9 Å². The van der Waals surface area contributed by atoms with E-state index in [-0.39, 0.29) is 5.69 Å². The number of nitro groups is 1. The molecular weight excluding hydrogens is 365 g/mol. The van der Waals surface area contributed by atoms with Crippen molar-refractivity contribution >= 4 is 45.3 Å². The van der Waals surface area contributed by atoms with E-state index >= 15 is 0 Å². The average molecular weight is 375 g/mol. The van der Waals surface area contributed by atoms with Crippen LogP contribution < -0.4 is 5.32 Å². The molecule has 0 aliphatic rings. The lowest BCUT2D eigenvalue weighted by molar-refractivity contribution is -0.384. The highest BCUT2D eigenvalue weighted by Gasteiger charge is 2.09. The highest BCUT2D eigenvalue weighted by Crippen LogP contribution is 2.24. The predicted molar refractivity (Wildman–Crippen MR) is 80.0 cm³/mol. The number of non-ortho nitro benzene ring substituents is 1. The summed E-state index contributed by atoms with van der Waals surface area (Å²) in [5.41, 5.74) is 0.990. The van der Waals surface area contributed by atoms with Gasteiger partial charge in [-0.25, -0.2) is 4.98 Å². The number of aromatic nitrogens is 1. The SMILES string of the molecule is Cc1cnc(CNc2ccc([N+](=O)[O-])cc2I)s1. The average Bonchev–Trinajstić information content (AvgIpc) is 2.73. The molecule has 0 spiro atoms. The minimum absolute atomic E-state index is 0.107. The molecule has 0 saturated heterocycles. The van der Waals surface area contributed by atoms with Crippen molar-refractivity contribution in [3.05, 3.63) is 48.0 Å². The molecule has 0 saturated carbocycles. The van der Waals surface area contributed by atoms with E-state index in [1.54, 1.807) is 23.5 Å². The molecule has 1 aromatic carbocycles. The third-order valence-corrected chi connectivity index (χ3v) is 4.07. The molecule has 0 aliphatic heterocycles. The summed E-state index contributed by atoms with van der Waals surface area (Å²) in [6.07, 6.45) is 1.84. The molecular formula is C11H10IN3O2S. The maximum absolute atomic E-state index is 10.6. The van der Waals surface area contributed by atoms with Crippen LogP contribution in [0.1, 0.15) is 9.88 Å². The number of nitrogens with zero attached hydrogens (tertiary/aromatic N) is 2. The summed E-state index contributed by atoms with van der Waals surface area (Å²) in [5.74, 6) is 0. The van der Waals surface area contributed by atoms with Gasteiger partial charge >= 0.3 is 0 Å². The van der Waals surface area contributed by atoms with Gasteiger partial charge in [-0.2, -0.15) is 0 Å². The fraction of sp³-hybridized carbons (Fsp3) is 0.182. The number of nitrogens with one attached hydrogen (secondary N) is 1. The molecule has 0 unspecified atom stereocenters. The summed E-state index contributed by atoms with van der Waals surface area (Å²) < 4.78 is 0.829. The Morgan fingerprint density at radius 2 is 2.33 bits per heavy atom. The molecule has 1 aromatic heterocycles. The summed E-state index contributed by atoms with van der Waals surface area (Å²) in [4.78, 5) is 15.7. The molecule has 0 atom stereocenters. The monoisotopic (exact) mass is 375 g/mol. The number of benzene rings is 1. The first-order valence-electron chi connectivity index (χ1n) is 5.15. The van der Waals surface area contributed by atoms with Gasteiger partial charge < -0.3 is 5.32 Å². The first-order valence-corrected chi connectivity index (χ1v) is 7.05. The van der Waals surface area contributed by atoms with Crippen LogP contribution in [0, 0.1) is 20.6 Å². The van der Waals surface area contributed by atoms with Gasteiger partial charge in [0.15, 0.2) is 0 Å². The van der Waals surface area contributed by atoms with Crippen LogP contribution in [0.2, 0.25) is 0 Å². The minimum atomic E-state index is -0.393. The fourth-order valence-electron chi connectivity index (χ4n) is 1.41. The molecule has 94 valence electrons. The van der Waals surface area contributed by atoms with E-state index in [2.05, 4.69) is 32.9 Å². The van der Waals surface area contributed by atoms with Crippen molar-refractivity contribution in [3.8, 4) is 0 Å². The van der Waals surface area contributed by atoms with E-state index in [1.807, 2.05) is 13.1 Å². The van der Waals surface area contributed by atoms with Crippen molar-refractivity contribution in [1.82, 2.24) is 4.98 Å². The largest absolute Gasteiger partial charge is 0.378 e. The maximum Gasteiger partial charge on any atom is 0.270 e. The normalized spacial score (nSPS) is 10.3. The first kappa shape index (κ1) is 13.2. The number of aryl methyl sites for hydroxylation is 1. The highest BCUT2D eigenvalue weighted by molar-refractivity contribution is 14.1. The Morgan fingerprint density at radius 1 is 1.56 bits per heavy atom. The molecule has 5 nitrogen and oxygen atoms in total. The third kappa shape index (κ3) is 3.16. The van der Waals surface area contributed by atoms with E-state index in [4.69, 9.17) is 0 Å². The Balaban J connectivity index is 2.08. The Bertz CT molecular complexity index is 585. The van der Waals surface area contributed by atoms with Crippen LogP contribution in [0.3, 0.4) is 0 Å². The first-order chi connectivity index (χ1) is 8.56. The topological polar surface area (TPSA) is 68.1 Å². The predicted octanol–water partition coefficient (Wildman–Crippen LogP) is 3.58. The molecule has 18 heavy (non-hydrogen) atoms. The van der Waals surface area contributed by atoms with Gasteiger partial charge in [-0.1, -0.05) is 0 Å². The van der Waals surface area contributed by atoms with Crippen molar-refractivity contribution in [2.24, 2.45) is 0 Å². The Hall–Kier alpha value is -1.22.